The number of aromatic nitrogens is 1. The van der Waals surface area contributed by atoms with E-state index in [0.717, 1.165) is 0 Å². The van der Waals surface area contributed by atoms with Gasteiger partial charge in [-0.1, -0.05) is 24.3 Å². The highest BCUT2D eigenvalue weighted by Gasteiger charge is 2.40. The molecule has 1 amide bonds. The Morgan fingerprint density at radius 1 is 1.06 bits per heavy atom. The number of nitrogens with zero attached hydrogens (tertiary/aromatic N) is 3. The molecule has 2 bridgehead atoms. The van der Waals surface area contributed by atoms with E-state index in [1.165, 1.54) is 45.7 Å². The minimum atomic E-state index is -0.786. The molecular weight excluding hydrogens is 488 g/mol. The minimum Gasteiger partial charge on any atom is -0.502 e. The Labute approximate surface area is 209 Å². The van der Waals surface area contributed by atoms with E-state index >= 15 is 8.78 Å². The summed E-state index contributed by atoms with van der Waals surface area (Å²) in [4.78, 5) is 27.6. The largest absolute Gasteiger partial charge is 0.502 e. The van der Waals surface area contributed by atoms with Gasteiger partial charge in [0, 0.05) is 40.6 Å². The first-order valence-electron chi connectivity index (χ1n) is 11.5. The summed E-state index contributed by atoms with van der Waals surface area (Å²) < 4.78 is 37.9. The van der Waals surface area contributed by atoms with Crippen LogP contribution in [0.2, 0.25) is 0 Å². The van der Waals surface area contributed by atoms with Crippen LogP contribution in [-0.2, 0) is 5.75 Å². The van der Waals surface area contributed by atoms with E-state index in [4.69, 9.17) is 4.74 Å². The number of fused-ring (bicyclic) bond motifs is 7. The van der Waals surface area contributed by atoms with Crippen molar-refractivity contribution in [2.24, 2.45) is 0 Å². The quantitative estimate of drug-likeness (QED) is 0.463. The summed E-state index contributed by atoms with van der Waals surface area (Å²) in [6.07, 6.45) is 5.64. The third kappa shape index (κ3) is 3.47. The molecule has 1 aromatic heterocycles. The number of halogens is 2. The highest BCUT2D eigenvalue weighted by atomic mass is 32.2. The van der Waals surface area contributed by atoms with Gasteiger partial charge in [-0.3, -0.25) is 19.3 Å². The minimum absolute atomic E-state index is 0.0582. The average molecular weight is 510 g/mol. The fourth-order valence-electron chi connectivity index (χ4n) is 5.01. The van der Waals surface area contributed by atoms with Gasteiger partial charge in [0.05, 0.1) is 0 Å². The van der Waals surface area contributed by atoms with Crippen molar-refractivity contribution in [1.82, 2.24) is 9.58 Å². The summed E-state index contributed by atoms with van der Waals surface area (Å²) in [6, 6.07) is 8.01. The second kappa shape index (κ2) is 8.70. The Balaban J connectivity index is 1.70. The summed E-state index contributed by atoms with van der Waals surface area (Å²) in [5.74, 6) is -1.43. The van der Waals surface area contributed by atoms with E-state index in [1.807, 2.05) is 12.2 Å². The third-order valence-corrected chi connectivity index (χ3v) is 7.84. The summed E-state index contributed by atoms with van der Waals surface area (Å²) >= 11 is 1.20. The van der Waals surface area contributed by atoms with Crippen LogP contribution in [0.5, 0.6) is 11.5 Å². The van der Waals surface area contributed by atoms with E-state index in [2.05, 4.69) is 0 Å². The molecular formula is C26H21F2N3O4S. The Kier molecular flexibility index (Phi) is 5.48. The second-order valence-electron chi connectivity index (χ2n) is 8.73. The first kappa shape index (κ1) is 22.7. The third-order valence-electron chi connectivity index (χ3n) is 6.69. The van der Waals surface area contributed by atoms with Crippen molar-refractivity contribution in [3.05, 3.63) is 99.0 Å². The van der Waals surface area contributed by atoms with Crippen molar-refractivity contribution in [1.29, 1.82) is 0 Å². The molecule has 2 aromatic carbocycles. The Bertz CT molecular complexity index is 1490. The highest BCUT2D eigenvalue weighted by Crippen LogP contribution is 2.47. The molecule has 36 heavy (non-hydrogen) atoms. The summed E-state index contributed by atoms with van der Waals surface area (Å²) in [6.45, 7) is 0.614. The molecule has 3 aliphatic heterocycles. The van der Waals surface area contributed by atoms with E-state index < -0.39 is 34.8 Å². The molecule has 4 heterocycles. The van der Waals surface area contributed by atoms with Crippen molar-refractivity contribution in [2.75, 3.05) is 24.8 Å². The Hall–Kier alpha value is -3.79. The van der Waals surface area contributed by atoms with Crippen molar-refractivity contribution >= 4 is 17.7 Å². The van der Waals surface area contributed by atoms with Crippen LogP contribution >= 0.6 is 11.8 Å². The van der Waals surface area contributed by atoms with E-state index in [-0.39, 0.29) is 24.7 Å². The van der Waals surface area contributed by atoms with Crippen molar-refractivity contribution in [3.63, 3.8) is 0 Å². The zero-order valence-electron chi connectivity index (χ0n) is 19.0. The molecule has 0 fully saturated rings. The van der Waals surface area contributed by atoms with Crippen LogP contribution < -0.4 is 15.2 Å². The lowest BCUT2D eigenvalue weighted by atomic mass is 9.92. The molecule has 0 spiro atoms. The van der Waals surface area contributed by atoms with Gasteiger partial charge < -0.3 is 14.7 Å². The summed E-state index contributed by atoms with van der Waals surface area (Å²) in [5.41, 5.74) is 0.578. The standard InChI is InChI=1S/C26H21F2N3O4S/c27-17-7-8-20-21-16(17)13-36-25-15(5-4-6-18(25)28)22(21)31-14-29(10-2-1-3-12-35-20)26(34)23-24(33)19(32)9-11-30(23)31/h1,3-9,11,22,33H,2,10,12-14H2/b3-1-/t22-/m1/s1. The lowest BCUT2D eigenvalue weighted by molar-refractivity contribution is 0.0682. The van der Waals surface area contributed by atoms with Crippen molar-refractivity contribution in [2.45, 2.75) is 23.1 Å². The van der Waals surface area contributed by atoms with Crippen molar-refractivity contribution < 1.29 is 23.4 Å². The second-order valence-corrected chi connectivity index (χ2v) is 9.72. The van der Waals surface area contributed by atoms with Crippen LogP contribution in [0.1, 0.15) is 39.6 Å². The molecule has 0 saturated carbocycles. The molecule has 10 heteroatoms. The first-order valence-corrected chi connectivity index (χ1v) is 12.5. The Morgan fingerprint density at radius 2 is 1.92 bits per heavy atom. The highest BCUT2D eigenvalue weighted by molar-refractivity contribution is 7.98. The predicted molar refractivity (Wildman–Crippen MR) is 130 cm³/mol. The number of thioether (sulfide) groups is 1. The lowest BCUT2D eigenvalue weighted by Crippen LogP contribution is -2.55. The molecule has 1 atom stereocenters. The topological polar surface area (TPSA) is 75.0 Å². The number of amides is 1. The average Bonchev–Trinajstić information content (AvgIpc) is 3.04. The molecule has 0 saturated heterocycles. The zero-order chi connectivity index (χ0) is 25.0. The molecule has 184 valence electrons. The van der Waals surface area contributed by atoms with Gasteiger partial charge in [-0.2, -0.15) is 0 Å². The molecule has 3 aliphatic rings. The summed E-state index contributed by atoms with van der Waals surface area (Å²) in [5, 5.41) is 12.4. The molecule has 0 aliphatic carbocycles. The predicted octanol–water partition coefficient (Wildman–Crippen LogP) is 3.92. The fraction of sp³-hybridized carbons (Fsp3) is 0.231. The van der Waals surface area contributed by atoms with Crippen molar-refractivity contribution in [3.8, 4) is 11.5 Å². The van der Waals surface area contributed by atoms with Gasteiger partial charge in [0.1, 0.15) is 36.7 Å². The number of rotatable bonds is 0. The van der Waals surface area contributed by atoms with Gasteiger partial charge in [-0.15, -0.1) is 11.8 Å². The van der Waals surface area contributed by atoms with Gasteiger partial charge in [-0.05, 0) is 30.2 Å². The van der Waals surface area contributed by atoms with Gasteiger partial charge >= 0.3 is 0 Å². The van der Waals surface area contributed by atoms with Crippen LogP contribution in [0, 0.1) is 11.6 Å². The Morgan fingerprint density at radius 3 is 2.78 bits per heavy atom. The molecule has 0 radical (unpaired) electrons. The number of pyridine rings is 1. The van der Waals surface area contributed by atoms with Crippen LogP contribution in [0.15, 0.2) is 64.4 Å². The maximum atomic E-state index is 15.3. The fourth-order valence-corrected chi connectivity index (χ4v) is 6.15. The van der Waals surface area contributed by atoms with Crippen LogP contribution in [-0.4, -0.2) is 40.4 Å². The number of hydrogen-bond acceptors (Lipinski definition) is 6. The number of aromatic hydroxyl groups is 1. The molecule has 6 rings (SSSR count). The van der Waals surface area contributed by atoms with Crippen LogP contribution in [0.3, 0.4) is 0 Å². The van der Waals surface area contributed by atoms with E-state index in [1.54, 1.807) is 23.2 Å². The maximum Gasteiger partial charge on any atom is 0.277 e. The van der Waals surface area contributed by atoms with E-state index in [0.29, 0.717) is 40.3 Å². The number of benzene rings is 2. The van der Waals surface area contributed by atoms with Crippen LogP contribution in [0.25, 0.3) is 0 Å². The SMILES string of the molecule is O=C1c2c(O)c(=O)ccn2N2CN1CC/C=C\COc1ccc(F)c3c1[C@H]2c1cccc(F)c1SC3. The molecule has 3 aromatic rings. The maximum absolute atomic E-state index is 15.3. The summed E-state index contributed by atoms with van der Waals surface area (Å²) in [7, 11) is 0. The number of ether oxygens (including phenoxy) is 1. The van der Waals surface area contributed by atoms with Gasteiger partial charge in [0.25, 0.3) is 5.91 Å². The number of carbonyl (C=O) groups excluding carboxylic acids is 1. The van der Waals surface area contributed by atoms with E-state index in [9.17, 15) is 14.7 Å². The van der Waals surface area contributed by atoms with Gasteiger partial charge in [0.2, 0.25) is 5.43 Å². The molecule has 0 unspecified atom stereocenters. The number of hydrogen-bond donors (Lipinski definition) is 1. The monoisotopic (exact) mass is 509 g/mol. The normalized spacial score (nSPS) is 19.6. The molecule has 1 N–H and O–H groups in total. The van der Waals surface area contributed by atoms with Gasteiger partial charge in [-0.25, -0.2) is 8.78 Å². The smallest absolute Gasteiger partial charge is 0.277 e. The molecule has 7 nitrogen and oxygen atoms in total. The zero-order valence-corrected chi connectivity index (χ0v) is 19.8. The lowest BCUT2D eigenvalue weighted by Gasteiger charge is -2.44. The van der Waals surface area contributed by atoms with Gasteiger partial charge in [0.15, 0.2) is 11.4 Å². The van der Waals surface area contributed by atoms with Crippen LogP contribution in [0.4, 0.5) is 8.78 Å². The number of carbonyl (C=O) groups is 1. The first-order chi connectivity index (χ1) is 17.5.